The first-order valence-corrected chi connectivity index (χ1v) is 10.7. The third kappa shape index (κ3) is 9.68. The van der Waals surface area contributed by atoms with Gasteiger partial charge in [0, 0.05) is 25.8 Å². The summed E-state index contributed by atoms with van der Waals surface area (Å²) in [5.74, 6) is 1.60. The Morgan fingerprint density at radius 2 is 2.04 bits per heavy atom. The first-order chi connectivity index (χ1) is 13.1. The molecule has 0 saturated carbocycles. The zero-order valence-corrected chi connectivity index (χ0v) is 16.9. The highest BCUT2D eigenvalue weighted by Gasteiger charge is 2.11. The van der Waals surface area contributed by atoms with Gasteiger partial charge in [0.25, 0.3) is 0 Å². The SMILES string of the molecule is CC(=O)OCCSCC(=O)NCCCOc1cccc(CN2CCCC2)c1. The third-order valence-electron chi connectivity index (χ3n) is 4.18. The molecule has 0 radical (unpaired) electrons. The van der Waals surface area contributed by atoms with Crippen molar-refractivity contribution < 1.29 is 19.1 Å². The maximum atomic E-state index is 11.7. The van der Waals surface area contributed by atoms with E-state index in [0.29, 0.717) is 31.3 Å². The van der Waals surface area contributed by atoms with E-state index in [0.717, 1.165) is 18.7 Å². The minimum atomic E-state index is -0.290. The van der Waals surface area contributed by atoms with Gasteiger partial charge in [0.05, 0.1) is 12.4 Å². The summed E-state index contributed by atoms with van der Waals surface area (Å²) in [6.45, 7) is 6.26. The van der Waals surface area contributed by atoms with E-state index < -0.39 is 0 Å². The van der Waals surface area contributed by atoms with E-state index in [9.17, 15) is 9.59 Å². The second kappa shape index (κ2) is 12.6. The van der Waals surface area contributed by atoms with Crippen LogP contribution in [-0.2, 0) is 20.9 Å². The van der Waals surface area contributed by atoms with Crippen LogP contribution < -0.4 is 10.1 Å². The number of nitrogens with zero attached hydrogens (tertiary/aromatic N) is 1. The monoisotopic (exact) mass is 394 g/mol. The Balaban J connectivity index is 1.52. The Morgan fingerprint density at radius 1 is 1.22 bits per heavy atom. The number of carbonyl (C=O) groups excluding carboxylic acids is 2. The van der Waals surface area contributed by atoms with Gasteiger partial charge in [0.2, 0.25) is 5.91 Å². The molecule has 0 aromatic heterocycles. The number of rotatable bonds is 12. The summed E-state index contributed by atoms with van der Waals surface area (Å²) in [6, 6.07) is 8.27. The lowest BCUT2D eigenvalue weighted by Gasteiger charge is -2.15. The van der Waals surface area contributed by atoms with E-state index in [1.165, 1.54) is 50.2 Å². The van der Waals surface area contributed by atoms with Crippen molar-refractivity contribution in [1.29, 1.82) is 0 Å². The average molecular weight is 395 g/mol. The molecule has 0 spiro atoms. The molecule has 1 aromatic carbocycles. The van der Waals surface area contributed by atoms with Crippen LogP contribution in [0.5, 0.6) is 5.75 Å². The zero-order valence-electron chi connectivity index (χ0n) is 16.1. The molecular formula is C20H30N2O4S. The van der Waals surface area contributed by atoms with Crippen molar-refractivity contribution in [2.24, 2.45) is 0 Å². The summed E-state index contributed by atoms with van der Waals surface area (Å²) in [5.41, 5.74) is 1.29. The zero-order chi connectivity index (χ0) is 19.3. The van der Waals surface area contributed by atoms with Gasteiger partial charge in [-0.2, -0.15) is 0 Å². The highest BCUT2D eigenvalue weighted by Crippen LogP contribution is 2.17. The van der Waals surface area contributed by atoms with Gasteiger partial charge in [0.1, 0.15) is 12.4 Å². The van der Waals surface area contributed by atoms with Crippen LogP contribution in [0.4, 0.5) is 0 Å². The Kier molecular flexibility index (Phi) is 10.1. The third-order valence-corrected chi connectivity index (χ3v) is 5.10. The Morgan fingerprint density at radius 3 is 2.81 bits per heavy atom. The molecule has 1 heterocycles. The minimum Gasteiger partial charge on any atom is -0.494 e. The van der Waals surface area contributed by atoms with Crippen LogP contribution in [0.25, 0.3) is 0 Å². The van der Waals surface area contributed by atoms with Crippen molar-refractivity contribution in [3.8, 4) is 5.75 Å². The number of thioether (sulfide) groups is 1. The fourth-order valence-electron chi connectivity index (χ4n) is 2.88. The van der Waals surface area contributed by atoms with Gasteiger partial charge in [-0.1, -0.05) is 12.1 Å². The van der Waals surface area contributed by atoms with Crippen LogP contribution in [0.1, 0.15) is 31.7 Å². The quantitative estimate of drug-likeness (QED) is 0.434. The van der Waals surface area contributed by atoms with Crippen molar-refractivity contribution in [2.45, 2.75) is 32.7 Å². The molecule has 0 atom stereocenters. The van der Waals surface area contributed by atoms with Crippen LogP contribution in [0.15, 0.2) is 24.3 Å². The summed E-state index contributed by atoms with van der Waals surface area (Å²) in [7, 11) is 0. The molecule has 1 N–H and O–H groups in total. The van der Waals surface area contributed by atoms with Crippen molar-refractivity contribution in [3.63, 3.8) is 0 Å². The maximum absolute atomic E-state index is 11.7. The molecule has 27 heavy (non-hydrogen) atoms. The molecule has 0 unspecified atom stereocenters. The highest BCUT2D eigenvalue weighted by molar-refractivity contribution is 7.99. The normalized spacial score (nSPS) is 14.1. The number of amides is 1. The summed E-state index contributed by atoms with van der Waals surface area (Å²) in [5, 5.41) is 2.87. The van der Waals surface area contributed by atoms with Crippen molar-refractivity contribution in [1.82, 2.24) is 10.2 Å². The van der Waals surface area contributed by atoms with Gasteiger partial charge in [-0.3, -0.25) is 14.5 Å². The van der Waals surface area contributed by atoms with E-state index in [-0.39, 0.29) is 11.9 Å². The molecule has 0 bridgehead atoms. The number of ether oxygens (including phenoxy) is 2. The number of nitrogens with one attached hydrogen (secondary N) is 1. The molecule has 7 heteroatoms. The number of hydrogen-bond acceptors (Lipinski definition) is 6. The van der Waals surface area contributed by atoms with E-state index in [1.54, 1.807) is 0 Å². The first-order valence-electron chi connectivity index (χ1n) is 9.55. The number of likely N-dealkylation sites (tertiary alicyclic amines) is 1. The van der Waals surface area contributed by atoms with Crippen LogP contribution in [0, 0.1) is 0 Å². The smallest absolute Gasteiger partial charge is 0.302 e. The first kappa shape index (κ1) is 21.6. The molecule has 6 nitrogen and oxygen atoms in total. The number of esters is 1. The summed E-state index contributed by atoms with van der Waals surface area (Å²) in [4.78, 5) is 24.8. The number of benzene rings is 1. The molecular weight excluding hydrogens is 364 g/mol. The van der Waals surface area contributed by atoms with Crippen LogP contribution in [0.2, 0.25) is 0 Å². The second-order valence-electron chi connectivity index (χ2n) is 6.58. The lowest BCUT2D eigenvalue weighted by Crippen LogP contribution is -2.27. The molecule has 150 valence electrons. The number of hydrogen-bond donors (Lipinski definition) is 1. The molecule has 1 aliphatic rings. The minimum absolute atomic E-state index is 0.00423. The molecule has 1 fully saturated rings. The van der Waals surface area contributed by atoms with Crippen LogP contribution in [0.3, 0.4) is 0 Å². The van der Waals surface area contributed by atoms with Gasteiger partial charge in [-0.15, -0.1) is 11.8 Å². The fraction of sp³-hybridized carbons (Fsp3) is 0.600. The van der Waals surface area contributed by atoms with Crippen LogP contribution >= 0.6 is 11.8 Å². The molecule has 1 aliphatic heterocycles. The Hall–Kier alpha value is -1.73. The fourth-order valence-corrected chi connectivity index (χ4v) is 3.52. The molecule has 1 amide bonds. The van der Waals surface area contributed by atoms with Crippen molar-refractivity contribution in [2.75, 3.05) is 44.4 Å². The van der Waals surface area contributed by atoms with Crippen molar-refractivity contribution in [3.05, 3.63) is 29.8 Å². The molecule has 0 aliphatic carbocycles. The van der Waals surface area contributed by atoms with Gasteiger partial charge in [-0.25, -0.2) is 0 Å². The predicted octanol–water partition coefficient (Wildman–Crippen LogP) is 2.46. The van der Waals surface area contributed by atoms with E-state index >= 15 is 0 Å². The predicted molar refractivity (Wildman–Crippen MR) is 108 cm³/mol. The van der Waals surface area contributed by atoms with Crippen molar-refractivity contribution >= 4 is 23.6 Å². The van der Waals surface area contributed by atoms with Crippen LogP contribution in [-0.4, -0.2) is 61.1 Å². The number of carbonyl (C=O) groups is 2. The van der Waals surface area contributed by atoms with Gasteiger partial charge in [-0.05, 0) is 50.0 Å². The van der Waals surface area contributed by atoms with Gasteiger partial charge < -0.3 is 14.8 Å². The van der Waals surface area contributed by atoms with Gasteiger partial charge >= 0.3 is 5.97 Å². The molecule has 1 saturated heterocycles. The maximum Gasteiger partial charge on any atom is 0.302 e. The lowest BCUT2D eigenvalue weighted by atomic mass is 10.2. The summed E-state index contributed by atoms with van der Waals surface area (Å²) < 4.78 is 10.6. The van der Waals surface area contributed by atoms with E-state index in [4.69, 9.17) is 9.47 Å². The molecule has 1 aromatic rings. The van der Waals surface area contributed by atoms with E-state index in [2.05, 4.69) is 22.3 Å². The lowest BCUT2D eigenvalue weighted by molar-refractivity contribution is -0.140. The van der Waals surface area contributed by atoms with Gasteiger partial charge in [0.15, 0.2) is 0 Å². The standard InChI is InChI=1S/C20H30N2O4S/c1-17(23)25-12-13-27-16-20(24)21-8-5-11-26-19-7-4-6-18(14-19)15-22-9-2-3-10-22/h4,6-7,14H,2-3,5,8-13,15-16H2,1H3,(H,21,24). The largest absolute Gasteiger partial charge is 0.494 e. The second-order valence-corrected chi connectivity index (χ2v) is 7.68. The van der Waals surface area contributed by atoms with E-state index in [1.807, 2.05) is 12.1 Å². The Bertz CT molecular complexity index is 591. The summed E-state index contributed by atoms with van der Waals surface area (Å²) >= 11 is 1.45. The summed E-state index contributed by atoms with van der Waals surface area (Å²) in [6.07, 6.45) is 3.36. The average Bonchev–Trinajstić information content (AvgIpc) is 3.14. The highest BCUT2D eigenvalue weighted by atomic mass is 32.2. The molecule has 2 rings (SSSR count). The topological polar surface area (TPSA) is 67.9 Å². The Labute approximate surface area is 166 Å².